The van der Waals surface area contributed by atoms with Crippen LogP contribution in [-0.4, -0.2) is 24.6 Å². The minimum Gasteiger partial charge on any atom is -0.397 e. The van der Waals surface area contributed by atoms with Crippen molar-refractivity contribution in [2.45, 2.75) is 13.5 Å². The van der Waals surface area contributed by atoms with E-state index < -0.39 is 0 Å². The van der Waals surface area contributed by atoms with Crippen LogP contribution in [0.2, 0.25) is 0 Å². The Balaban J connectivity index is 2.28. The lowest BCUT2D eigenvalue weighted by molar-refractivity contribution is 0.101. The molecule has 0 saturated carbocycles. The Kier molecular flexibility index (Phi) is 3.98. The lowest BCUT2D eigenvalue weighted by Gasteiger charge is -2.18. The van der Waals surface area contributed by atoms with Gasteiger partial charge in [0.25, 0.3) is 5.91 Å². The van der Waals surface area contributed by atoms with Crippen LogP contribution in [-0.2, 0) is 6.54 Å². The number of aryl methyl sites for hydroxylation is 1. The third kappa shape index (κ3) is 2.77. The van der Waals surface area contributed by atoms with Gasteiger partial charge < -0.3 is 20.5 Å². The van der Waals surface area contributed by atoms with Gasteiger partial charge in [-0.3, -0.25) is 4.79 Å². The first-order chi connectivity index (χ1) is 9.52. The first kappa shape index (κ1) is 14.0. The molecule has 0 aliphatic rings. The summed E-state index contributed by atoms with van der Waals surface area (Å²) < 4.78 is 1.84. The molecule has 0 unspecified atom stereocenters. The van der Waals surface area contributed by atoms with Gasteiger partial charge in [0, 0.05) is 26.8 Å². The highest BCUT2D eigenvalue weighted by molar-refractivity contribution is 6.05. The molecule has 1 aromatic heterocycles. The van der Waals surface area contributed by atoms with E-state index in [1.807, 2.05) is 54.8 Å². The van der Waals surface area contributed by atoms with Crippen molar-refractivity contribution in [3.8, 4) is 0 Å². The molecule has 0 bridgehead atoms. The fourth-order valence-corrected chi connectivity index (χ4v) is 2.14. The number of carbonyl (C=O) groups excluding carboxylic acids is 1. The van der Waals surface area contributed by atoms with Crippen LogP contribution in [0, 0.1) is 0 Å². The van der Waals surface area contributed by atoms with Gasteiger partial charge in [-0.1, -0.05) is 12.1 Å². The topological polar surface area (TPSA) is 63.3 Å². The van der Waals surface area contributed by atoms with Crippen LogP contribution in [0.15, 0.2) is 36.5 Å². The number of nitrogens with one attached hydrogen (secondary N) is 1. The number of hydrogen-bond donors (Lipinski definition) is 2. The number of amides is 1. The Morgan fingerprint density at radius 1 is 1.35 bits per heavy atom. The molecular weight excluding hydrogens is 252 g/mol. The average Bonchev–Trinajstić information content (AvgIpc) is 2.80. The van der Waals surface area contributed by atoms with E-state index >= 15 is 0 Å². The molecule has 1 heterocycles. The van der Waals surface area contributed by atoms with Gasteiger partial charge in [-0.25, -0.2) is 0 Å². The number of aromatic nitrogens is 1. The van der Waals surface area contributed by atoms with Crippen molar-refractivity contribution in [2.24, 2.45) is 0 Å². The monoisotopic (exact) mass is 272 g/mol. The van der Waals surface area contributed by atoms with Gasteiger partial charge in [-0.2, -0.15) is 0 Å². The van der Waals surface area contributed by atoms with Gasteiger partial charge in [0.05, 0.1) is 17.1 Å². The number of hydrogen-bond acceptors (Lipinski definition) is 3. The van der Waals surface area contributed by atoms with Gasteiger partial charge in [-0.05, 0) is 25.1 Å². The summed E-state index contributed by atoms with van der Waals surface area (Å²) in [4.78, 5) is 14.3. The van der Waals surface area contributed by atoms with Crippen molar-refractivity contribution in [3.63, 3.8) is 0 Å². The van der Waals surface area contributed by atoms with Gasteiger partial charge in [0.1, 0.15) is 5.69 Å². The largest absolute Gasteiger partial charge is 0.397 e. The predicted octanol–water partition coefficient (Wildman–Crippen LogP) is 2.41. The Hall–Kier alpha value is -2.43. The molecule has 106 valence electrons. The predicted molar refractivity (Wildman–Crippen MR) is 83.2 cm³/mol. The van der Waals surface area contributed by atoms with E-state index in [0.29, 0.717) is 17.9 Å². The molecule has 0 radical (unpaired) electrons. The quantitative estimate of drug-likeness (QED) is 0.898. The highest BCUT2D eigenvalue weighted by Gasteiger charge is 2.14. The minimum absolute atomic E-state index is 0.155. The van der Waals surface area contributed by atoms with E-state index in [1.165, 1.54) is 0 Å². The van der Waals surface area contributed by atoms with Crippen LogP contribution in [0.4, 0.5) is 17.1 Å². The number of anilines is 3. The van der Waals surface area contributed by atoms with Gasteiger partial charge in [0.2, 0.25) is 0 Å². The molecule has 0 atom stereocenters. The Morgan fingerprint density at radius 2 is 2.05 bits per heavy atom. The normalized spacial score (nSPS) is 10.3. The summed E-state index contributed by atoms with van der Waals surface area (Å²) in [6, 6.07) is 9.38. The second kappa shape index (κ2) is 5.69. The summed E-state index contributed by atoms with van der Waals surface area (Å²) in [6.07, 6.45) is 1.77. The van der Waals surface area contributed by atoms with Crippen molar-refractivity contribution < 1.29 is 4.79 Å². The zero-order valence-corrected chi connectivity index (χ0v) is 12.1. The number of nitrogens with zero attached hydrogens (tertiary/aromatic N) is 2. The lowest BCUT2D eigenvalue weighted by Crippen LogP contribution is -2.19. The maximum Gasteiger partial charge on any atom is 0.272 e. The summed E-state index contributed by atoms with van der Waals surface area (Å²) in [5, 5.41) is 2.94. The van der Waals surface area contributed by atoms with Gasteiger partial charge in [-0.15, -0.1) is 0 Å². The van der Waals surface area contributed by atoms with Crippen LogP contribution >= 0.6 is 0 Å². The number of nitrogens with two attached hydrogens (primary N) is 1. The minimum atomic E-state index is -0.155. The third-order valence-corrected chi connectivity index (χ3v) is 3.13. The Labute approximate surface area is 119 Å². The van der Waals surface area contributed by atoms with E-state index in [2.05, 4.69) is 5.32 Å². The Bertz CT molecular complexity index is 616. The van der Waals surface area contributed by atoms with Gasteiger partial charge >= 0.3 is 0 Å². The number of carbonyl (C=O) groups is 1. The molecule has 5 nitrogen and oxygen atoms in total. The smallest absolute Gasteiger partial charge is 0.272 e. The fraction of sp³-hybridized carbons (Fsp3) is 0.267. The average molecular weight is 272 g/mol. The second-order valence-electron chi connectivity index (χ2n) is 4.81. The molecule has 0 fully saturated rings. The zero-order valence-electron chi connectivity index (χ0n) is 12.1. The molecule has 0 aliphatic heterocycles. The van der Waals surface area contributed by atoms with E-state index in [-0.39, 0.29) is 5.91 Å². The molecule has 0 spiro atoms. The van der Waals surface area contributed by atoms with Crippen molar-refractivity contribution in [3.05, 3.63) is 42.2 Å². The van der Waals surface area contributed by atoms with E-state index in [4.69, 9.17) is 5.73 Å². The van der Waals surface area contributed by atoms with Crippen LogP contribution in [0.25, 0.3) is 0 Å². The maximum absolute atomic E-state index is 12.4. The van der Waals surface area contributed by atoms with E-state index in [0.717, 1.165) is 11.4 Å². The Morgan fingerprint density at radius 3 is 2.70 bits per heavy atom. The van der Waals surface area contributed by atoms with Crippen LogP contribution in [0.5, 0.6) is 0 Å². The van der Waals surface area contributed by atoms with Gasteiger partial charge in [0.15, 0.2) is 0 Å². The van der Waals surface area contributed by atoms with Crippen LogP contribution in [0.1, 0.15) is 17.4 Å². The molecule has 0 aliphatic carbocycles. The fourth-order valence-electron chi connectivity index (χ4n) is 2.14. The SMILES string of the molecule is CCn1cc(N)cc1C(=O)Nc1ccccc1N(C)C. The molecule has 20 heavy (non-hydrogen) atoms. The zero-order chi connectivity index (χ0) is 14.7. The van der Waals surface area contributed by atoms with Crippen molar-refractivity contribution >= 4 is 23.0 Å². The molecule has 2 aromatic rings. The summed E-state index contributed by atoms with van der Waals surface area (Å²) in [5.74, 6) is -0.155. The highest BCUT2D eigenvalue weighted by atomic mass is 16.2. The summed E-state index contributed by atoms with van der Waals surface area (Å²) >= 11 is 0. The van der Waals surface area contributed by atoms with E-state index in [1.54, 1.807) is 12.3 Å². The number of rotatable bonds is 4. The van der Waals surface area contributed by atoms with Crippen LogP contribution in [0.3, 0.4) is 0 Å². The summed E-state index contributed by atoms with van der Waals surface area (Å²) in [7, 11) is 3.88. The van der Waals surface area contributed by atoms with E-state index in [9.17, 15) is 4.79 Å². The number of para-hydroxylation sites is 2. The van der Waals surface area contributed by atoms with Crippen molar-refractivity contribution in [2.75, 3.05) is 30.0 Å². The number of nitrogen functional groups attached to an aromatic ring is 1. The molecule has 5 heteroatoms. The molecule has 0 saturated heterocycles. The van der Waals surface area contributed by atoms with Crippen molar-refractivity contribution in [1.82, 2.24) is 4.57 Å². The van der Waals surface area contributed by atoms with Crippen LogP contribution < -0.4 is 16.0 Å². The molecule has 1 aromatic carbocycles. The molecule has 2 rings (SSSR count). The third-order valence-electron chi connectivity index (χ3n) is 3.13. The highest BCUT2D eigenvalue weighted by Crippen LogP contribution is 2.24. The molecular formula is C15H20N4O. The second-order valence-corrected chi connectivity index (χ2v) is 4.81. The molecule has 1 amide bonds. The first-order valence-corrected chi connectivity index (χ1v) is 6.56. The first-order valence-electron chi connectivity index (χ1n) is 6.56. The maximum atomic E-state index is 12.4. The molecule has 3 N–H and O–H groups in total. The standard InChI is InChI=1S/C15H20N4O/c1-4-19-10-11(16)9-14(19)15(20)17-12-7-5-6-8-13(12)18(2)3/h5-10H,4,16H2,1-3H3,(H,17,20). The number of benzene rings is 1. The lowest BCUT2D eigenvalue weighted by atomic mass is 10.2. The summed E-state index contributed by atoms with van der Waals surface area (Å²) in [5.41, 5.74) is 8.66. The van der Waals surface area contributed by atoms with Crippen molar-refractivity contribution in [1.29, 1.82) is 0 Å². The summed E-state index contributed by atoms with van der Waals surface area (Å²) in [6.45, 7) is 2.68.